The van der Waals surface area contributed by atoms with E-state index >= 15 is 0 Å². The first-order valence-corrected chi connectivity index (χ1v) is 8.69. The van der Waals surface area contributed by atoms with Gasteiger partial charge in [0.15, 0.2) is 0 Å². The smallest absolute Gasteiger partial charge is 0.410 e. The standard InChI is InChI=1S/C19H29N3O3/c1-13-11-22(18(24)25-19(3,4)5)14(2)10-21(13)12-15-7-6-8-16(9-15)17(20)23/h6-9,13-14H,10-12H2,1-5H3,(H2,20,23)/t13-,14+/m0/s1. The lowest BCUT2D eigenvalue weighted by Gasteiger charge is -2.44. The average Bonchev–Trinajstić information content (AvgIpc) is 2.49. The van der Waals surface area contributed by atoms with Gasteiger partial charge in [0, 0.05) is 37.3 Å². The molecule has 2 rings (SSSR count). The Morgan fingerprint density at radius 1 is 1.20 bits per heavy atom. The number of nitrogens with zero attached hydrogens (tertiary/aromatic N) is 2. The van der Waals surface area contributed by atoms with Gasteiger partial charge in [0.25, 0.3) is 0 Å². The summed E-state index contributed by atoms with van der Waals surface area (Å²) in [6.07, 6.45) is -0.262. The number of carbonyl (C=O) groups is 2. The first-order valence-electron chi connectivity index (χ1n) is 8.69. The molecule has 0 saturated carbocycles. The summed E-state index contributed by atoms with van der Waals surface area (Å²) in [5.74, 6) is -0.419. The van der Waals surface area contributed by atoms with E-state index in [0.29, 0.717) is 12.1 Å². The second-order valence-electron chi connectivity index (χ2n) is 7.82. The van der Waals surface area contributed by atoms with Gasteiger partial charge in [-0.1, -0.05) is 12.1 Å². The van der Waals surface area contributed by atoms with Gasteiger partial charge in [-0.25, -0.2) is 4.79 Å². The van der Waals surface area contributed by atoms with Crippen LogP contribution < -0.4 is 5.73 Å². The number of carbonyl (C=O) groups excluding carboxylic acids is 2. The van der Waals surface area contributed by atoms with Crippen molar-refractivity contribution in [2.75, 3.05) is 13.1 Å². The van der Waals surface area contributed by atoms with Crippen LogP contribution in [0.5, 0.6) is 0 Å². The van der Waals surface area contributed by atoms with Crippen molar-refractivity contribution in [3.8, 4) is 0 Å². The number of hydrogen-bond acceptors (Lipinski definition) is 4. The fraction of sp³-hybridized carbons (Fsp3) is 0.579. The van der Waals surface area contributed by atoms with Crippen molar-refractivity contribution in [2.24, 2.45) is 5.73 Å². The molecule has 0 bridgehead atoms. The lowest BCUT2D eigenvalue weighted by Crippen LogP contribution is -2.58. The number of amides is 2. The van der Waals surface area contributed by atoms with Gasteiger partial charge in [0.1, 0.15) is 5.60 Å². The Bertz CT molecular complexity index is 639. The Kier molecular flexibility index (Phi) is 5.72. The van der Waals surface area contributed by atoms with Crippen LogP contribution in [0, 0.1) is 0 Å². The maximum Gasteiger partial charge on any atom is 0.410 e. The third-order valence-electron chi connectivity index (χ3n) is 4.34. The first-order chi connectivity index (χ1) is 11.6. The molecule has 0 aliphatic carbocycles. The maximum atomic E-state index is 12.4. The van der Waals surface area contributed by atoms with Crippen molar-refractivity contribution in [2.45, 2.75) is 58.8 Å². The fourth-order valence-corrected chi connectivity index (χ4v) is 3.05. The Labute approximate surface area is 149 Å². The summed E-state index contributed by atoms with van der Waals surface area (Å²) < 4.78 is 5.51. The number of benzene rings is 1. The minimum Gasteiger partial charge on any atom is -0.444 e. The summed E-state index contributed by atoms with van der Waals surface area (Å²) in [6, 6.07) is 7.65. The normalized spacial score (nSPS) is 21.9. The zero-order valence-electron chi connectivity index (χ0n) is 15.8. The van der Waals surface area contributed by atoms with E-state index in [-0.39, 0.29) is 18.2 Å². The van der Waals surface area contributed by atoms with Crippen LogP contribution in [0.15, 0.2) is 24.3 Å². The molecule has 0 spiro atoms. The summed E-state index contributed by atoms with van der Waals surface area (Å²) in [5, 5.41) is 0. The zero-order valence-corrected chi connectivity index (χ0v) is 15.8. The number of hydrogen-bond donors (Lipinski definition) is 1. The van der Waals surface area contributed by atoms with Crippen LogP contribution in [0.2, 0.25) is 0 Å². The number of rotatable bonds is 3. The number of nitrogens with two attached hydrogens (primary N) is 1. The van der Waals surface area contributed by atoms with Gasteiger partial charge < -0.3 is 15.4 Å². The van der Waals surface area contributed by atoms with Crippen molar-refractivity contribution in [1.82, 2.24) is 9.80 Å². The van der Waals surface area contributed by atoms with Gasteiger partial charge in [0.05, 0.1) is 0 Å². The molecule has 1 saturated heterocycles. The summed E-state index contributed by atoms with van der Waals surface area (Å²) in [5.41, 5.74) is 6.42. The van der Waals surface area contributed by atoms with E-state index in [9.17, 15) is 9.59 Å². The van der Waals surface area contributed by atoms with E-state index < -0.39 is 11.5 Å². The summed E-state index contributed by atoms with van der Waals surface area (Å²) in [7, 11) is 0. The van der Waals surface area contributed by atoms with E-state index in [4.69, 9.17) is 10.5 Å². The second-order valence-corrected chi connectivity index (χ2v) is 7.82. The monoisotopic (exact) mass is 347 g/mol. The molecule has 6 heteroatoms. The van der Waals surface area contributed by atoms with Crippen LogP contribution in [0.1, 0.15) is 50.5 Å². The minimum atomic E-state index is -0.494. The molecule has 1 aliphatic rings. The highest BCUT2D eigenvalue weighted by atomic mass is 16.6. The topological polar surface area (TPSA) is 75.9 Å². The summed E-state index contributed by atoms with van der Waals surface area (Å²) in [6.45, 7) is 11.8. The number of ether oxygens (including phenoxy) is 1. The van der Waals surface area contributed by atoms with Crippen molar-refractivity contribution in [1.29, 1.82) is 0 Å². The lowest BCUT2D eigenvalue weighted by molar-refractivity contribution is -0.0117. The molecule has 1 aromatic carbocycles. The molecule has 1 aromatic rings. The third kappa shape index (κ3) is 5.19. The van der Waals surface area contributed by atoms with Crippen molar-refractivity contribution in [3.63, 3.8) is 0 Å². The van der Waals surface area contributed by atoms with E-state index in [2.05, 4.69) is 11.8 Å². The first kappa shape index (κ1) is 19.2. The van der Waals surface area contributed by atoms with Gasteiger partial charge in [-0.2, -0.15) is 0 Å². The van der Waals surface area contributed by atoms with Gasteiger partial charge in [-0.15, -0.1) is 0 Å². The largest absolute Gasteiger partial charge is 0.444 e. The summed E-state index contributed by atoms with van der Waals surface area (Å²) in [4.78, 5) is 27.8. The van der Waals surface area contributed by atoms with Gasteiger partial charge >= 0.3 is 6.09 Å². The summed E-state index contributed by atoms with van der Waals surface area (Å²) >= 11 is 0. The van der Waals surface area contributed by atoms with Crippen LogP contribution in [0.25, 0.3) is 0 Å². The van der Waals surface area contributed by atoms with Crippen LogP contribution in [0.3, 0.4) is 0 Å². The predicted octanol–water partition coefficient (Wildman–Crippen LogP) is 2.62. The molecular formula is C19H29N3O3. The van der Waals surface area contributed by atoms with Crippen LogP contribution in [0.4, 0.5) is 4.79 Å². The molecular weight excluding hydrogens is 318 g/mol. The highest BCUT2D eigenvalue weighted by Gasteiger charge is 2.34. The Morgan fingerprint density at radius 3 is 2.48 bits per heavy atom. The molecule has 1 aliphatic heterocycles. The molecule has 25 heavy (non-hydrogen) atoms. The molecule has 6 nitrogen and oxygen atoms in total. The van der Waals surface area contributed by atoms with Crippen molar-refractivity contribution in [3.05, 3.63) is 35.4 Å². The predicted molar refractivity (Wildman–Crippen MR) is 97.2 cm³/mol. The lowest BCUT2D eigenvalue weighted by atomic mass is 10.1. The van der Waals surface area contributed by atoms with Gasteiger partial charge in [-0.3, -0.25) is 9.69 Å². The highest BCUT2D eigenvalue weighted by Crippen LogP contribution is 2.21. The molecule has 2 amide bonds. The van der Waals surface area contributed by atoms with E-state index in [1.165, 1.54) is 0 Å². The number of piperazine rings is 1. The molecule has 2 atom stereocenters. The Morgan fingerprint density at radius 2 is 1.88 bits per heavy atom. The molecule has 2 N–H and O–H groups in total. The molecule has 0 unspecified atom stereocenters. The average molecular weight is 347 g/mol. The van der Waals surface area contributed by atoms with Crippen molar-refractivity contribution < 1.29 is 14.3 Å². The van der Waals surface area contributed by atoms with Crippen LogP contribution >= 0.6 is 0 Å². The van der Waals surface area contributed by atoms with Crippen LogP contribution in [-0.4, -0.2) is 52.6 Å². The SMILES string of the molecule is C[C@@H]1CN(Cc2cccc(C(N)=O)c2)[C@@H](C)CN1C(=O)OC(C)(C)C. The maximum absolute atomic E-state index is 12.4. The Hall–Kier alpha value is -2.08. The molecule has 1 heterocycles. The molecule has 0 aromatic heterocycles. The van der Waals surface area contributed by atoms with Gasteiger partial charge in [0.2, 0.25) is 5.91 Å². The fourth-order valence-electron chi connectivity index (χ4n) is 3.05. The third-order valence-corrected chi connectivity index (χ3v) is 4.34. The quantitative estimate of drug-likeness (QED) is 0.912. The van der Waals surface area contributed by atoms with Gasteiger partial charge in [-0.05, 0) is 52.3 Å². The zero-order chi connectivity index (χ0) is 18.8. The molecule has 1 fully saturated rings. The van der Waals surface area contributed by atoms with Crippen LogP contribution in [-0.2, 0) is 11.3 Å². The van der Waals surface area contributed by atoms with Crippen molar-refractivity contribution >= 4 is 12.0 Å². The van der Waals surface area contributed by atoms with E-state index in [0.717, 1.165) is 18.7 Å². The Balaban J connectivity index is 2.03. The highest BCUT2D eigenvalue weighted by molar-refractivity contribution is 5.92. The molecule has 0 radical (unpaired) electrons. The second kappa shape index (κ2) is 7.44. The van der Waals surface area contributed by atoms with E-state index in [1.54, 1.807) is 11.0 Å². The van der Waals surface area contributed by atoms with E-state index in [1.807, 2.05) is 45.9 Å². The minimum absolute atomic E-state index is 0.0605. The number of primary amides is 1. The molecule has 138 valence electrons.